The first kappa shape index (κ1) is 24.3. The second-order valence-electron chi connectivity index (χ2n) is 9.10. The molecule has 0 radical (unpaired) electrons. The zero-order valence-corrected chi connectivity index (χ0v) is 20.4. The molecule has 1 heterocycles. The van der Waals surface area contributed by atoms with Gasteiger partial charge in [0.05, 0.1) is 5.69 Å². The second kappa shape index (κ2) is 11.5. The Bertz CT molecular complexity index is 1170. The highest BCUT2D eigenvalue weighted by molar-refractivity contribution is 6.05. The fraction of sp³-hybridized carbons (Fsp3) is 0.321. The van der Waals surface area contributed by atoms with E-state index in [0.717, 1.165) is 18.4 Å². The number of ether oxygens (including phenoxy) is 1. The van der Waals surface area contributed by atoms with E-state index in [4.69, 9.17) is 10.5 Å². The molecule has 7 nitrogen and oxygen atoms in total. The number of nitrogen functional groups attached to an aromatic ring is 1. The maximum absolute atomic E-state index is 12.8. The summed E-state index contributed by atoms with van der Waals surface area (Å²) >= 11 is 0. The van der Waals surface area contributed by atoms with E-state index in [2.05, 4.69) is 15.3 Å². The molecular weight excluding hydrogens is 438 g/mol. The van der Waals surface area contributed by atoms with Crippen LogP contribution < -0.4 is 15.8 Å². The third kappa shape index (κ3) is 6.82. The lowest BCUT2D eigenvalue weighted by molar-refractivity contribution is 0.104. The fourth-order valence-electron chi connectivity index (χ4n) is 4.19. The SMILES string of the molecule is CN(C)/C=C/C(=O)c1ccc(OCc2ccccc2)c(-c2cc(NC3CCCCC3)nc(N)n2)c1. The van der Waals surface area contributed by atoms with Crippen molar-refractivity contribution in [1.29, 1.82) is 0 Å². The van der Waals surface area contributed by atoms with Crippen LogP contribution in [0.5, 0.6) is 5.75 Å². The van der Waals surface area contributed by atoms with E-state index < -0.39 is 0 Å². The molecule has 1 aliphatic rings. The summed E-state index contributed by atoms with van der Waals surface area (Å²) in [6.45, 7) is 0.398. The lowest BCUT2D eigenvalue weighted by Crippen LogP contribution is -2.23. The number of carbonyl (C=O) groups excluding carboxylic acids is 1. The monoisotopic (exact) mass is 471 g/mol. The van der Waals surface area contributed by atoms with Gasteiger partial charge in [-0.2, -0.15) is 4.98 Å². The maximum Gasteiger partial charge on any atom is 0.222 e. The fourth-order valence-corrected chi connectivity index (χ4v) is 4.19. The summed E-state index contributed by atoms with van der Waals surface area (Å²) in [6.07, 6.45) is 9.23. The van der Waals surface area contributed by atoms with E-state index in [1.165, 1.54) is 19.3 Å². The molecular formula is C28H33N5O2. The number of nitrogens with two attached hydrogens (primary N) is 1. The van der Waals surface area contributed by atoms with E-state index >= 15 is 0 Å². The van der Waals surface area contributed by atoms with Crippen molar-refractivity contribution in [2.45, 2.75) is 44.8 Å². The van der Waals surface area contributed by atoms with Gasteiger partial charge in [0.25, 0.3) is 0 Å². The van der Waals surface area contributed by atoms with Gasteiger partial charge in [0, 0.05) is 49.6 Å². The van der Waals surface area contributed by atoms with Gasteiger partial charge >= 0.3 is 0 Å². The predicted octanol–water partition coefficient (Wildman–Crippen LogP) is 5.31. The highest BCUT2D eigenvalue weighted by Crippen LogP contribution is 2.33. The van der Waals surface area contributed by atoms with Crippen molar-refractivity contribution in [3.8, 4) is 17.0 Å². The third-order valence-electron chi connectivity index (χ3n) is 6.00. The molecule has 0 atom stereocenters. The highest BCUT2D eigenvalue weighted by Gasteiger charge is 2.17. The number of allylic oxidation sites excluding steroid dienone is 1. The van der Waals surface area contributed by atoms with Crippen LogP contribution >= 0.6 is 0 Å². The lowest BCUT2D eigenvalue weighted by atomic mass is 9.95. The van der Waals surface area contributed by atoms with E-state index in [-0.39, 0.29) is 11.7 Å². The number of ketones is 1. The number of nitrogens with zero attached hydrogens (tertiary/aromatic N) is 3. The molecule has 182 valence electrons. The number of nitrogens with one attached hydrogen (secondary N) is 1. The second-order valence-corrected chi connectivity index (χ2v) is 9.10. The van der Waals surface area contributed by atoms with Crippen LogP contribution in [0.25, 0.3) is 11.3 Å². The number of aromatic nitrogens is 2. The number of hydrogen-bond donors (Lipinski definition) is 2. The van der Waals surface area contributed by atoms with Gasteiger partial charge in [-0.3, -0.25) is 4.79 Å². The van der Waals surface area contributed by atoms with Gasteiger partial charge in [0.15, 0.2) is 5.78 Å². The average Bonchev–Trinajstić information content (AvgIpc) is 2.87. The molecule has 1 saturated carbocycles. The first-order valence-corrected chi connectivity index (χ1v) is 12.1. The van der Waals surface area contributed by atoms with E-state index in [1.54, 1.807) is 18.3 Å². The molecule has 0 unspecified atom stereocenters. The zero-order chi connectivity index (χ0) is 24.6. The third-order valence-corrected chi connectivity index (χ3v) is 6.00. The van der Waals surface area contributed by atoms with Crippen LogP contribution in [0.4, 0.5) is 11.8 Å². The van der Waals surface area contributed by atoms with Crippen molar-refractivity contribution in [2.75, 3.05) is 25.1 Å². The summed E-state index contributed by atoms with van der Waals surface area (Å²) in [4.78, 5) is 23.5. The molecule has 0 bridgehead atoms. The number of anilines is 2. The topological polar surface area (TPSA) is 93.4 Å². The Hall–Kier alpha value is -3.87. The summed E-state index contributed by atoms with van der Waals surface area (Å²) in [5, 5.41) is 3.52. The van der Waals surface area contributed by atoms with Crippen molar-refractivity contribution < 1.29 is 9.53 Å². The van der Waals surface area contributed by atoms with Gasteiger partial charge in [-0.15, -0.1) is 0 Å². The van der Waals surface area contributed by atoms with Crippen molar-refractivity contribution in [3.63, 3.8) is 0 Å². The summed E-state index contributed by atoms with van der Waals surface area (Å²) in [6, 6.07) is 17.6. The summed E-state index contributed by atoms with van der Waals surface area (Å²) in [5.74, 6) is 1.40. The number of benzene rings is 2. The minimum atomic E-state index is -0.0999. The van der Waals surface area contributed by atoms with Crippen LogP contribution in [0, 0.1) is 0 Å². The Morgan fingerprint density at radius 1 is 1.09 bits per heavy atom. The van der Waals surface area contributed by atoms with Gasteiger partial charge in [0.1, 0.15) is 18.2 Å². The molecule has 1 fully saturated rings. The normalized spacial score (nSPS) is 14.1. The number of hydrogen-bond acceptors (Lipinski definition) is 7. The minimum absolute atomic E-state index is 0.0999. The van der Waals surface area contributed by atoms with E-state index in [0.29, 0.717) is 41.0 Å². The quantitative estimate of drug-likeness (QED) is 0.323. The Morgan fingerprint density at radius 2 is 1.86 bits per heavy atom. The number of carbonyl (C=O) groups is 1. The average molecular weight is 472 g/mol. The standard InChI is InChI=1S/C28H33N5O2/c1-33(2)16-15-25(34)21-13-14-26(35-19-20-9-5-3-6-10-20)23(17-21)24-18-27(32-28(29)31-24)30-22-11-7-4-8-12-22/h3,5-6,9-10,13-18,22H,4,7-8,11-12,19H2,1-2H3,(H3,29,30,31,32)/b16-15+. The first-order chi connectivity index (χ1) is 17.0. The first-order valence-electron chi connectivity index (χ1n) is 12.1. The van der Waals surface area contributed by atoms with Crippen molar-refractivity contribution >= 4 is 17.5 Å². The molecule has 0 spiro atoms. The predicted molar refractivity (Wildman–Crippen MR) is 140 cm³/mol. The largest absolute Gasteiger partial charge is 0.488 e. The van der Waals surface area contributed by atoms with Gasteiger partial charge in [-0.1, -0.05) is 49.6 Å². The highest BCUT2D eigenvalue weighted by atomic mass is 16.5. The van der Waals surface area contributed by atoms with Gasteiger partial charge in [-0.05, 0) is 36.6 Å². The number of rotatable bonds is 9. The zero-order valence-electron chi connectivity index (χ0n) is 20.4. The molecule has 7 heteroatoms. The maximum atomic E-state index is 12.8. The lowest BCUT2D eigenvalue weighted by Gasteiger charge is -2.23. The van der Waals surface area contributed by atoms with Crippen molar-refractivity contribution in [2.24, 2.45) is 0 Å². The van der Waals surface area contributed by atoms with Crippen molar-refractivity contribution in [1.82, 2.24) is 14.9 Å². The minimum Gasteiger partial charge on any atom is -0.488 e. The molecule has 0 amide bonds. The molecule has 3 N–H and O–H groups in total. The van der Waals surface area contributed by atoms with Crippen molar-refractivity contribution in [3.05, 3.63) is 78.0 Å². The van der Waals surface area contributed by atoms with Crippen LogP contribution in [0.2, 0.25) is 0 Å². The Kier molecular flexibility index (Phi) is 7.98. The molecule has 4 rings (SSSR count). The molecule has 35 heavy (non-hydrogen) atoms. The Balaban J connectivity index is 1.67. The molecule has 3 aromatic rings. The van der Waals surface area contributed by atoms with Gasteiger partial charge in [-0.25, -0.2) is 4.98 Å². The summed E-state index contributed by atoms with van der Waals surface area (Å²) in [7, 11) is 3.75. The van der Waals surface area contributed by atoms with Gasteiger partial charge in [0.2, 0.25) is 5.95 Å². The van der Waals surface area contributed by atoms with Crippen LogP contribution in [-0.2, 0) is 6.61 Å². The van der Waals surface area contributed by atoms with Crippen LogP contribution in [-0.4, -0.2) is 40.8 Å². The smallest absolute Gasteiger partial charge is 0.222 e. The Morgan fingerprint density at radius 3 is 2.60 bits per heavy atom. The summed E-state index contributed by atoms with van der Waals surface area (Å²) < 4.78 is 6.18. The van der Waals surface area contributed by atoms with Gasteiger partial charge < -0.3 is 20.7 Å². The molecule has 1 aromatic heterocycles. The Labute approximate surface area is 207 Å². The molecule has 1 aliphatic carbocycles. The van der Waals surface area contributed by atoms with E-state index in [1.807, 2.05) is 67.5 Å². The van der Waals surface area contributed by atoms with Crippen LogP contribution in [0.1, 0.15) is 48.0 Å². The van der Waals surface area contributed by atoms with Crippen LogP contribution in [0.3, 0.4) is 0 Å². The van der Waals surface area contributed by atoms with Crippen LogP contribution in [0.15, 0.2) is 66.9 Å². The van der Waals surface area contributed by atoms with E-state index in [9.17, 15) is 4.79 Å². The summed E-state index contributed by atoms with van der Waals surface area (Å²) in [5.41, 5.74) is 9.02. The molecule has 0 aliphatic heterocycles. The molecule has 2 aromatic carbocycles. The molecule has 0 saturated heterocycles.